The number of benzene rings is 1. The Morgan fingerprint density at radius 2 is 1.75 bits per heavy atom. The summed E-state index contributed by atoms with van der Waals surface area (Å²) in [5, 5.41) is 16.2. The summed E-state index contributed by atoms with van der Waals surface area (Å²) in [7, 11) is 0. The first-order valence-corrected chi connectivity index (χ1v) is 11.2. The predicted molar refractivity (Wildman–Crippen MR) is 124 cm³/mol. The van der Waals surface area contributed by atoms with E-state index in [1.807, 2.05) is 13.8 Å². The zero-order chi connectivity index (χ0) is 24.6. The molecule has 0 heterocycles. The summed E-state index contributed by atoms with van der Waals surface area (Å²) in [6.45, 7) is 14.4. The van der Waals surface area contributed by atoms with Crippen molar-refractivity contribution in [3.63, 3.8) is 0 Å². The molecule has 0 aliphatic rings. The SMILES string of the molecule is CCCC(C)NC(=O)C(c1cccc(C)c1O)N(CC)C(=O)C(C)NC(=O)OC(C)(C)C. The lowest BCUT2D eigenvalue weighted by Gasteiger charge is -2.34. The number of nitrogens with zero attached hydrogens (tertiary/aromatic N) is 1. The molecule has 8 heteroatoms. The summed E-state index contributed by atoms with van der Waals surface area (Å²) in [5.74, 6) is -0.871. The minimum Gasteiger partial charge on any atom is -0.507 e. The molecule has 0 saturated heterocycles. The van der Waals surface area contributed by atoms with E-state index in [4.69, 9.17) is 4.74 Å². The van der Waals surface area contributed by atoms with E-state index in [0.717, 1.165) is 12.8 Å². The van der Waals surface area contributed by atoms with Gasteiger partial charge in [-0.2, -0.15) is 0 Å². The van der Waals surface area contributed by atoms with Crippen molar-refractivity contribution in [2.75, 3.05) is 6.54 Å². The number of carbonyl (C=O) groups excluding carboxylic acids is 3. The molecule has 3 atom stereocenters. The van der Waals surface area contributed by atoms with Gasteiger partial charge in [-0.25, -0.2) is 4.79 Å². The number of ether oxygens (including phenoxy) is 1. The quantitative estimate of drug-likeness (QED) is 0.531. The Kier molecular flexibility index (Phi) is 10.0. The van der Waals surface area contributed by atoms with Gasteiger partial charge in [0.05, 0.1) is 0 Å². The number of likely N-dealkylation sites (N-methyl/N-ethyl adjacent to an activating group) is 1. The third-order valence-corrected chi connectivity index (χ3v) is 4.96. The zero-order valence-corrected chi connectivity index (χ0v) is 20.6. The van der Waals surface area contributed by atoms with E-state index in [-0.39, 0.29) is 24.2 Å². The molecule has 1 rings (SSSR count). The Labute approximate surface area is 191 Å². The van der Waals surface area contributed by atoms with Crippen LogP contribution in [0.15, 0.2) is 18.2 Å². The summed E-state index contributed by atoms with van der Waals surface area (Å²) >= 11 is 0. The van der Waals surface area contributed by atoms with E-state index >= 15 is 0 Å². The third kappa shape index (κ3) is 7.73. The van der Waals surface area contributed by atoms with Crippen molar-refractivity contribution in [1.29, 1.82) is 0 Å². The number of aromatic hydroxyl groups is 1. The topological polar surface area (TPSA) is 108 Å². The van der Waals surface area contributed by atoms with Crippen LogP contribution in [0.1, 0.15) is 78.5 Å². The van der Waals surface area contributed by atoms with E-state index in [1.54, 1.807) is 59.7 Å². The fourth-order valence-corrected chi connectivity index (χ4v) is 3.44. The summed E-state index contributed by atoms with van der Waals surface area (Å²) in [5.41, 5.74) is 0.235. The fraction of sp³-hybridized carbons (Fsp3) is 0.625. The van der Waals surface area contributed by atoms with Gasteiger partial charge in [0.1, 0.15) is 23.4 Å². The van der Waals surface area contributed by atoms with Crippen LogP contribution in [0.5, 0.6) is 5.75 Å². The Hall–Kier alpha value is -2.77. The maximum atomic E-state index is 13.3. The Balaban J connectivity index is 3.27. The van der Waals surface area contributed by atoms with Crippen LogP contribution in [-0.2, 0) is 14.3 Å². The fourth-order valence-electron chi connectivity index (χ4n) is 3.44. The first-order valence-electron chi connectivity index (χ1n) is 11.2. The van der Waals surface area contributed by atoms with Crippen molar-refractivity contribution in [1.82, 2.24) is 15.5 Å². The molecule has 180 valence electrons. The smallest absolute Gasteiger partial charge is 0.408 e. The van der Waals surface area contributed by atoms with E-state index in [9.17, 15) is 19.5 Å². The molecular weight excluding hydrogens is 410 g/mol. The molecule has 3 N–H and O–H groups in total. The number of phenolic OH excluding ortho intramolecular Hbond substituents is 1. The van der Waals surface area contributed by atoms with Crippen molar-refractivity contribution in [3.8, 4) is 5.75 Å². The number of rotatable bonds is 9. The van der Waals surface area contributed by atoms with Crippen molar-refractivity contribution in [2.24, 2.45) is 0 Å². The summed E-state index contributed by atoms with van der Waals surface area (Å²) < 4.78 is 5.24. The van der Waals surface area contributed by atoms with Crippen LogP contribution in [0.3, 0.4) is 0 Å². The second-order valence-corrected chi connectivity index (χ2v) is 9.11. The highest BCUT2D eigenvalue weighted by Gasteiger charge is 2.35. The van der Waals surface area contributed by atoms with E-state index in [2.05, 4.69) is 10.6 Å². The highest BCUT2D eigenvalue weighted by molar-refractivity contribution is 5.92. The molecule has 0 aromatic heterocycles. The summed E-state index contributed by atoms with van der Waals surface area (Å²) in [6.07, 6.45) is 0.967. The number of aryl methyl sites for hydroxylation is 1. The van der Waals surface area contributed by atoms with Gasteiger partial charge in [-0.3, -0.25) is 9.59 Å². The van der Waals surface area contributed by atoms with Gasteiger partial charge in [-0.15, -0.1) is 0 Å². The number of amides is 3. The number of hydrogen-bond acceptors (Lipinski definition) is 5. The van der Waals surface area contributed by atoms with Crippen molar-refractivity contribution in [3.05, 3.63) is 29.3 Å². The maximum absolute atomic E-state index is 13.3. The number of carbonyl (C=O) groups is 3. The molecule has 32 heavy (non-hydrogen) atoms. The number of para-hydroxylation sites is 1. The van der Waals surface area contributed by atoms with E-state index in [0.29, 0.717) is 11.1 Å². The molecule has 0 bridgehead atoms. The molecule has 0 radical (unpaired) electrons. The van der Waals surface area contributed by atoms with Crippen LogP contribution >= 0.6 is 0 Å². The standard InChI is InChI=1S/C24H39N3O5/c1-9-12-16(4)25-21(29)19(18-14-11-13-15(3)20(18)28)27(10-2)22(30)17(5)26-23(31)32-24(6,7)8/h11,13-14,16-17,19,28H,9-10,12H2,1-8H3,(H,25,29)(H,26,31). The number of nitrogens with one attached hydrogen (secondary N) is 2. The minimum absolute atomic E-state index is 0.0326. The van der Waals surface area contributed by atoms with Gasteiger partial charge >= 0.3 is 6.09 Å². The number of alkyl carbamates (subject to hydrolysis) is 1. The molecule has 3 amide bonds. The van der Waals surface area contributed by atoms with Gasteiger partial charge in [0, 0.05) is 18.2 Å². The number of phenols is 1. The van der Waals surface area contributed by atoms with Gasteiger partial charge in [0.25, 0.3) is 0 Å². The van der Waals surface area contributed by atoms with Crippen LogP contribution in [0.4, 0.5) is 4.79 Å². The zero-order valence-electron chi connectivity index (χ0n) is 20.6. The Morgan fingerprint density at radius 3 is 2.28 bits per heavy atom. The second-order valence-electron chi connectivity index (χ2n) is 9.11. The lowest BCUT2D eigenvalue weighted by molar-refractivity contribution is -0.142. The van der Waals surface area contributed by atoms with Gasteiger partial charge < -0.3 is 25.4 Å². The first-order chi connectivity index (χ1) is 14.8. The van der Waals surface area contributed by atoms with Gasteiger partial charge in [0.2, 0.25) is 11.8 Å². The van der Waals surface area contributed by atoms with Gasteiger partial charge in [-0.1, -0.05) is 31.5 Å². The maximum Gasteiger partial charge on any atom is 0.408 e. The molecule has 0 fully saturated rings. The Morgan fingerprint density at radius 1 is 1.12 bits per heavy atom. The third-order valence-electron chi connectivity index (χ3n) is 4.96. The molecule has 0 aliphatic heterocycles. The second kappa shape index (κ2) is 11.7. The largest absolute Gasteiger partial charge is 0.507 e. The predicted octanol–water partition coefficient (Wildman–Crippen LogP) is 3.81. The molecule has 8 nitrogen and oxygen atoms in total. The molecule has 0 aliphatic carbocycles. The van der Waals surface area contributed by atoms with Crippen LogP contribution in [0.25, 0.3) is 0 Å². The highest BCUT2D eigenvalue weighted by atomic mass is 16.6. The first kappa shape index (κ1) is 27.3. The van der Waals surface area contributed by atoms with Crippen LogP contribution in [-0.4, -0.2) is 52.1 Å². The lowest BCUT2D eigenvalue weighted by Crippen LogP contribution is -2.52. The van der Waals surface area contributed by atoms with E-state index < -0.39 is 29.7 Å². The van der Waals surface area contributed by atoms with Crippen LogP contribution in [0, 0.1) is 6.92 Å². The average Bonchev–Trinajstić information content (AvgIpc) is 2.66. The number of hydrogen-bond donors (Lipinski definition) is 3. The lowest BCUT2D eigenvalue weighted by atomic mass is 9.99. The molecule has 1 aromatic rings. The van der Waals surface area contributed by atoms with Gasteiger partial charge in [-0.05, 0) is 60.5 Å². The molecule has 0 saturated carbocycles. The van der Waals surface area contributed by atoms with E-state index in [1.165, 1.54) is 4.90 Å². The van der Waals surface area contributed by atoms with Crippen molar-refractivity contribution >= 4 is 17.9 Å². The van der Waals surface area contributed by atoms with Crippen molar-refractivity contribution in [2.45, 2.75) is 92.0 Å². The summed E-state index contributed by atoms with van der Waals surface area (Å²) in [4.78, 5) is 40.1. The molecule has 3 unspecified atom stereocenters. The molecule has 1 aromatic carbocycles. The van der Waals surface area contributed by atoms with Gasteiger partial charge in [0.15, 0.2) is 0 Å². The summed E-state index contributed by atoms with van der Waals surface area (Å²) in [6, 6.07) is 3.04. The average molecular weight is 450 g/mol. The highest BCUT2D eigenvalue weighted by Crippen LogP contribution is 2.32. The monoisotopic (exact) mass is 449 g/mol. The normalized spacial score (nSPS) is 14.1. The minimum atomic E-state index is -1.05. The molecular formula is C24H39N3O5. The Bertz CT molecular complexity index is 803. The van der Waals surface area contributed by atoms with Crippen LogP contribution in [0.2, 0.25) is 0 Å². The van der Waals surface area contributed by atoms with Crippen LogP contribution < -0.4 is 10.6 Å². The molecule has 0 spiro atoms. The van der Waals surface area contributed by atoms with Crippen molar-refractivity contribution < 1.29 is 24.2 Å².